The highest BCUT2D eigenvalue weighted by atomic mass is 32.1. The van der Waals surface area contributed by atoms with E-state index in [0.29, 0.717) is 17.3 Å². The molecule has 106 valence electrons. The molecule has 2 heterocycles. The van der Waals surface area contributed by atoms with Crippen LogP contribution in [-0.4, -0.2) is 25.7 Å². The molecule has 0 spiro atoms. The van der Waals surface area contributed by atoms with Crippen molar-refractivity contribution in [1.82, 2.24) is 25.1 Å². The molecule has 1 aromatic carbocycles. The summed E-state index contributed by atoms with van der Waals surface area (Å²) in [6, 6.07) is 6.86. The number of nitrogens with zero attached hydrogens (tertiary/aromatic N) is 3. The number of carbonyl (C=O) groups is 1. The zero-order valence-electron chi connectivity index (χ0n) is 11.1. The number of fused-ring (bicyclic) bond motifs is 1. The maximum atomic E-state index is 12.2. The number of nitrogens with one attached hydrogen (secondary N) is 2. The summed E-state index contributed by atoms with van der Waals surface area (Å²) in [4.78, 5) is 24.8. The van der Waals surface area contributed by atoms with Crippen LogP contribution in [0, 0.1) is 6.92 Å². The van der Waals surface area contributed by atoms with Crippen LogP contribution < -0.4 is 10.9 Å². The van der Waals surface area contributed by atoms with E-state index in [9.17, 15) is 9.59 Å². The van der Waals surface area contributed by atoms with E-state index in [1.807, 2.05) is 6.92 Å². The minimum Gasteiger partial charge on any atom is -0.346 e. The van der Waals surface area contributed by atoms with Gasteiger partial charge in [-0.25, -0.2) is 5.10 Å². The fourth-order valence-electron chi connectivity index (χ4n) is 1.95. The fourth-order valence-corrected chi connectivity index (χ4v) is 2.52. The summed E-state index contributed by atoms with van der Waals surface area (Å²) in [5, 5.41) is 13.8. The van der Waals surface area contributed by atoms with Crippen LogP contribution in [0.25, 0.3) is 10.8 Å². The third-order valence-electron chi connectivity index (χ3n) is 3.07. The van der Waals surface area contributed by atoms with Crippen LogP contribution in [0.5, 0.6) is 0 Å². The lowest BCUT2D eigenvalue weighted by atomic mass is 10.1. The molecule has 2 aromatic heterocycles. The van der Waals surface area contributed by atoms with E-state index in [1.165, 1.54) is 11.5 Å². The molecule has 0 radical (unpaired) electrons. The summed E-state index contributed by atoms with van der Waals surface area (Å²) in [5.41, 5.74) is 0.671. The van der Waals surface area contributed by atoms with Crippen LogP contribution in [0.1, 0.15) is 21.1 Å². The van der Waals surface area contributed by atoms with Gasteiger partial charge >= 0.3 is 0 Å². The van der Waals surface area contributed by atoms with Crippen LogP contribution in [0.4, 0.5) is 0 Å². The van der Waals surface area contributed by atoms with E-state index in [0.717, 1.165) is 10.6 Å². The molecule has 2 N–H and O–H groups in total. The Labute approximate surface area is 123 Å². The summed E-state index contributed by atoms with van der Waals surface area (Å²) in [7, 11) is 0. The van der Waals surface area contributed by atoms with Crippen molar-refractivity contribution >= 4 is 28.2 Å². The number of aromatic nitrogens is 4. The molecule has 8 heteroatoms. The summed E-state index contributed by atoms with van der Waals surface area (Å²) in [6.45, 7) is 2.16. The predicted molar refractivity (Wildman–Crippen MR) is 78.2 cm³/mol. The number of hydrogen-bond acceptors (Lipinski definition) is 6. The van der Waals surface area contributed by atoms with Gasteiger partial charge < -0.3 is 5.32 Å². The van der Waals surface area contributed by atoms with Gasteiger partial charge in [-0.2, -0.15) is 5.10 Å². The van der Waals surface area contributed by atoms with Gasteiger partial charge in [0.05, 0.1) is 22.5 Å². The molecule has 0 aliphatic carbocycles. The second-order valence-electron chi connectivity index (χ2n) is 4.41. The van der Waals surface area contributed by atoms with E-state index >= 15 is 0 Å². The van der Waals surface area contributed by atoms with Crippen molar-refractivity contribution < 1.29 is 4.79 Å². The second kappa shape index (κ2) is 5.41. The van der Waals surface area contributed by atoms with E-state index in [-0.39, 0.29) is 17.2 Å². The lowest BCUT2D eigenvalue weighted by Crippen LogP contribution is -2.26. The molecule has 0 saturated carbocycles. The van der Waals surface area contributed by atoms with Crippen molar-refractivity contribution in [1.29, 1.82) is 0 Å². The lowest BCUT2D eigenvalue weighted by Gasteiger charge is -2.05. The van der Waals surface area contributed by atoms with Gasteiger partial charge in [0, 0.05) is 5.39 Å². The SMILES string of the molecule is Cc1nnsc1CNC(=O)c1n[nH]c(=O)c2ccccc12. The Bertz CT molecular complexity index is 870. The molecule has 0 aliphatic heterocycles. The maximum absolute atomic E-state index is 12.2. The highest BCUT2D eigenvalue weighted by molar-refractivity contribution is 7.05. The molecule has 1 amide bonds. The van der Waals surface area contributed by atoms with E-state index in [2.05, 4.69) is 25.1 Å². The van der Waals surface area contributed by atoms with Crippen molar-refractivity contribution in [2.45, 2.75) is 13.5 Å². The highest BCUT2D eigenvalue weighted by Crippen LogP contribution is 2.13. The molecule has 0 unspecified atom stereocenters. The first-order chi connectivity index (χ1) is 10.2. The third kappa shape index (κ3) is 2.52. The summed E-state index contributed by atoms with van der Waals surface area (Å²) in [6.07, 6.45) is 0. The standard InChI is InChI=1S/C13H11N5O2S/c1-7-10(21-18-15-7)6-14-13(20)11-8-4-2-3-5-9(8)12(19)17-16-11/h2-5H,6H2,1H3,(H,14,20)(H,17,19). The number of aryl methyl sites for hydroxylation is 1. The Morgan fingerprint density at radius 1 is 1.33 bits per heavy atom. The Morgan fingerprint density at radius 3 is 2.81 bits per heavy atom. The van der Waals surface area contributed by atoms with Crippen LogP contribution in [0.3, 0.4) is 0 Å². The number of amides is 1. The molecule has 3 rings (SSSR count). The molecule has 7 nitrogen and oxygen atoms in total. The highest BCUT2D eigenvalue weighted by Gasteiger charge is 2.14. The third-order valence-corrected chi connectivity index (χ3v) is 3.89. The van der Waals surface area contributed by atoms with Crippen molar-refractivity contribution in [3.63, 3.8) is 0 Å². The topological polar surface area (TPSA) is 101 Å². The normalized spacial score (nSPS) is 10.7. The van der Waals surface area contributed by atoms with Crippen molar-refractivity contribution in [3.8, 4) is 0 Å². The Balaban J connectivity index is 1.90. The maximum Gasteiger partial charge on any atom is 0.272 e. The molecule has 0 aliphatic rings. The largest absolute Gasteiger partial charge is 0.346 e. The molecular formula is C13H11N5O2S. The van der Waals surface area contributed by atoms with Gasteiger partial charge in [-0.1, -0.05) is 22.7 Å². The molecule has 0 fully saturated rings. The average Bonchev–Trinajstić information content (AvgIpc) is 2.91. The number of hydrogen-bond donors (Lipinski definition) is 2. The first-order valence-electron chi connectivity index (χ1n) is 6.20. The summed E-state index contributed by atoms with van der Waals surface area (Å²) < 4.78 is 3.81. The first-order valence-corrected chi connectivity index (χ1v) is 6.97. The molecule has 0 bridgehead atoms. The summed E-state index contributed by atoms with van der Waals surface area (Å²) in [5.74, 6) is -0.352. The Kier molecular flexibility index (Phi) is 3.44. The molecule has 21 heavy (non-hydrogen) atoms. The predicted octanol–water partition coefficient (Wildman–Crippen LogP) is 1.01. The van der Waals surface area contributed by atoms with Crippen LogP contribution in [0.15, 0.2) is 29.1 Å². The lowest BCUT2D eigenvalue weighted by molar-refractivity contribution is 0.0947. The van der Waals surface area contributed by atoms with Crippen LogP contribution in [-0.2, 0) is 6.54 Å². The van der Waals surface area contributed by atoms with Gasteiger partial charge in [0.25, 0.3) is 11.5 Å². The zero-order valence-corrected chi connectivity index (χ0v) is 11.9. The van der Waals surface area contributed by atoms with Crippen LogP contribution >= 0.6 is 11.5 Å². The number of benzene rings is 1. The molecular weight excluding hydrogens is 290 g/mol. The Hall–Kier alpha value is -2.61. The van der Waals surface area contributed by atoms with Gasteiger partial charge in [0.15, 0.2) is 5.69 Å². The van der Waals surface area contributed by atoms with Crippen molar-refractivity contribution in [3.05, 3.63) is 50.9 Å². The quantitative estimate of drug-likeness (QED) is 0.752. The minimum absolute atomic E-state index is 0.195. The van der Waals surface area contributed by atoms with E-state index < -0.39 is 0 Å². The second-order valence-corrected chi connectivity index (χ2v) is 5.25. The Morgan fingerprint density at radius 2 is 2.10 bits per heavy atom. The van der Waals surface area contributed by atoms with Gasteiger partial charge in [0.1, 0.15) is 0 Å². The van der Waals surface area contributed by atoms with Gasteiger partial charge in [-0.05, 0) is 24.5 Å². The zero-order chi connectivity index (χ0) is 14.8. The number of rotatable bonds is 3. The van der Waals surface area contributed by atoms with E-state index in [1.54, 1.807) is 24.3 Å². The van der Waals surface area contributed by atoms with Crippen molar-refractivity contribution in [2.75, 3.05) is 0 Å². The van der Waals surface area contributed by atoms with E-state index in [4.69, 9.17) is 0 Å². The number of carbonyl (C=O) groups excluding carboxylic acids is 1. The fraction of sp³-hybridized carbons (Fsp3) is 0.154. The molecule has 0 atom stereocenters. The monoisotopic (exact) mass is 301 g/mol. The smallest absolute Gasteiger partial charge is 0.272 e. The van der Waals surface area contributed by atoms with Crippen LogP contribution in [0.2, 0.25) is 0 Å². The van der Waals surface area contributed by atoms with Gasteiger partial charge in [-0.15, -0.1) is 5.10 Å². The summed E-state index contributed by atoms with van der Waals surface area (Å²) >= 11 is 1.24. The molecule has 0 saturated heterocycles. The average molecular weight is 301 g/mol. The van der Waals surface area contributed by atoms with Gasteiger partial charge in [0.2, 0.25) is 0 Å². The van der Waals surface area contributed by atoms with Gasteiger partial charge in [-0.3, -0.25) is 9.59 Å². The number of H-pyrrole nitrogens is 1. The molecule has 3 aromatic rings. The minimum atomic E-state index is -0.352. The number of aromatic amines is 1. The first kappa shape index (κ1) is 13.4. The van der Waals surface area contributed by atoms with Crippen molar-refractivity contribution in [2.24, 2.45) is 0 Å².